The Morgan fingerprint density at radius 2 is 1.88 bits per heavy atom. The van der Waals surface area contributed by atoms with Gasteiger partial charge in [0, 0.05) is 44.3 Å². The molecule has 0 spiro atoms. The Bertz CT molecular complexity index is 581. The molecule has 140 valence electrons. The van der Waals surface area contributed by atoms with Gasteiger partial charge in [0.05, 0.1) is 6.61 Å². The Hall–Kier alpha value is -1.63. The molecule has 2 N–H and O–H groups in total. The third-order valence-corrected chi connectivity index (χ3v) is 4.52. The van der Waals surface area contributed by atoms with Crippen LogP contribution in [-0.2, 0) is 4.74 Å². The number of hydrogen-bond donors (Lipinski definition) is 2. The van der Waals surface area contributed by atoms with Crippen molar-refractivity contribution in [3.05, 3.63) is 35.4 Å². The van der Waals surface area contributed by atoms with Gasteiger partial charge >= 0.3 is 0 Å². The SMILES string of the molecule is COCC1(CNC(=O)c2cccc(C(=O)N(C)C)c2)CCNCC1.Cl. The fourth-order valence-electron chi connectivity index (χ4n) is 3.06. The monoisotopic (exact) mass is 369 g/mol. The number of hydrogen-bond acceptors (Lipinski definition) is 4. The van der Waals surface area contributed by atoms with Crippen LogP contribution in [0.15, 0.2) is 24.3 Å². The molecule has 2 rings (SSSR count). The second-order valence-electron chi connectivity index (χ2n) is 6.65. The number of carbonyl (C=O) groups is 2. The maximum atomic E-state index is 12.5. The van der Waals surface area contributed by atoms with Crippen molar-refractivity contribution in [2.75, 3.05) is 47.4 Å². The molecule has 1 saturated heterocycles. The largest absolute Gasteiger partial charge is 0.384 e. The first-order valence-corrected chi connectivity index (χ1v) is 8.27. The van der Waals surface area contributed by atoms with Gasteiger partial charge in [0.1, 0.15) is 0 Å². The van der Waals surface area contributed by atoms with E-state index in [1.165, 1.54) is 4.90 Å². The number of nitrogens with zero attached hydrogens (tertiary/aromatic N) is 1. The number of methoxy groups -OCH3 is 1. The van der Waals surface area contributed by atoms with Crippen molar-refractivity contribution < 1.29 is 14.3 Å². The van der Waals surface area contributed by atoms with Crippen LogP contribution in [0.25, 0.3) is 0 Å². The predicted octanol–water partition coefficient (Wildman–Crippen LogP) is 1.56. The van der Waals surface area contributed by atoms with E-state index in [9.17, 15) is 9.59 Å². The first-order chi connectivity index (χ1) is 11.5. The van der Waals surface area contributed by atoms with Crippen molar-refractivity contribution in [1.82, 2.24) is 15.5 Å². The molecule has 1 aromatic carbocycles. The lowest BCUT2D eigenvalue weighted by Crippen LogP contribution is -2.47. The predicted molar refractivity (Wildman–Crippen MR) is 100 cm³/mol. The topological polar surface area (TPSA) is 70.7 Å². The van der Waals surface area contributed by atoms with Crippen LogP contribution in [0.2, 0.25) is 0 Å². The van der Waals surface area contributed by atoms with Gasteiger partial charge in [-0.2, -0.15) is 0 Å². The van der Waals surface area contributed by atoms with Gasteiger partial charge in [-0.3, -0.25) is 9.59 Å². The molecule has 7 heteroatoms. The van der Waals surface area contributed by atoms with Crippen molar-refractivity contribution in [1.29, 1.82) is 0 Å². The van der Waals surface area contributed by atoms with E-state index < -0.39 is 0 Å². The molecule has 0 aliphatic carbocycles. The number of amides is 2. The Morgan fingerprint density at radius 1 is 1.24 bits per heavy atom. The number of rotatable bonds is 6. The molecule has 0 bridgehead atoms. The standard InChI is InChI=1S/C18H27N3O3.ClH/c1-21(2)17(23)15-6-4-5-14(11-15)16(22)20-12-18(13-24-3)7-9-19-10-8-18;/h4-6,11,19H,7-10,12-13H2,1-3H3,(H,20,22);1H. The zero-order chi connectivity index (χ0) is 17.6. The molecular formula is C18H28ClN3O3. The Labute approximate surface area is 155 Å². The first-order valence-electron chi connectivity index (χ1n) is 8.27. The minimum absolute atomic E-state index is 0. The minimum Gasteiger partial charge on any atom is -0.384 e. The number of halogens is 1. The maximum absolute atomic E-state index is 12.5. The third-order valence-electron chi connectivity index (χ3n) is 4.52. The Morgan fingerprint density at radius 3 is 2.48 bits per heavy atom. The number of carbonyl (C=O) groups excluding carboxylic acids is 2. The highest BCUT2D eigenvalue weighted by atomic mass is 35.5. The van der Waals surface area contributed by atoms with Crippen LogP contribution in [-0.4, -0.2) is 64.2 Å². The summed E-state index contributed by atoms with van der Waals surface area (Å²) >= 11 is 0. The van der Waals surface area contributed by atoms with Crippen LogP contribution in [0, 0.1) is 5.41 Å². The summed E-state index contributed by atoms with van der Waals surface area (Å²) in [6.07, 6.45) is 1.94. The van der Waals surface area contributed by atoms with Crippen molar-refractivity contribution in [2.45, 2.75) is 12.8 Å². The summed E-state index contributed by atoms with van der Waals surface area (Å²) in [4.78, 5) is 26.0. The Balaban J connectivity index is 0.00000312. The van der Waals surface area contributed by atoms with Crippen LogP contribution in [0.5, 0.6) is 0 Å². The third kappa shape index (κ3) is 5.70. The molecule has 6 nitrogen and oxygen atoms in total. The second kappa shape index (κ2) is 9.75. The molecule has 0 unspecified atom stereocenters. The number of ether oxygens (including phenoxy) is 1. The van der Waals surface area contributed by atoms with E-state index in [0.717, 1.165) is 25.9 Å². The molecule has 0 saturated carbocycles. The quantitative estimate of drug-likeness (QED) is 0.798. The summed E-state index contributed by atoms with van der Waals surface area (Å²) < 4.78 is 5.37. The van der Waals surface area contributed by atoms with Gasteiger partial charge in [-0.05, 0) is 44.1 Å². The van der Waals surface area contributed by atoms with Gasteiger partial charge in [0.15, 0.2) is 0 Å². The van der Waals surface area contributed by atoms with E-state index in [1.54, 1.807) is 45.5 Å². The molecule has 0 aromatic heterocycles. The molecule has 1 fully saturated rings. The lowest BCUT2D eigenvalue weighted by Gasteiger charge is -2.37. The van der Waals surface area contributed by atoms with Gasteiger partial charge in [-0.15, -0.1) is 12.4 Å². The summed E-state index contributed by atoms with van der Waals surface area (Å²) in [5.74, 6) is -0.267. The molecular weight excluding hydrogens is 342 g/mol. The fourth-order valence-corrected chi connectivity index (χ4v) is 3.06. The van der Waals surface area contributed by atoms with E-state index >= 15 is 0 Å². The van der Waals surface area contributed by atoms with Crippen LogP contribution >= 0.6 is 12.4 Å². The number of benzene rings is 1. The Kier molecular flexibility index (Phi) is 8.35. The average molecular weight is 370 g/mol. The van der Waals surface area contributed by atoms with Crippen molar-refractivity contribution >= 4 is 24.2 Å². The molecule has 1 heterocycles. The molecule has 1 aliphatic heterocycles. The normalized spacial score (nSPS) is 15.8. The summed E-state index contributed by atoms with van der Waals surface area (Å²) in [6, 6.07) is 6.83. The van der Waals surface area contributed by atoms with Gasteiger partial charge in [-0.25, -0.2) is 0 Å². The molecule has 1 aromatic rings. The summed E-state index contributed by atoms with van der Waals surface area (Å²) in [7, 11) is 5.09. The van der Waals surface area contributed by atoms with Crippen LogP contribution in [0.1, 0.15) is 33.6 Å². The zero-order valence-electron chi connectivity index (χ0n) is 15.1. The molecule has 0 atom stereocenters. The fraction of sp³-hybridized carbons (Fsp3) is 0.556. The van der Waals surface area contributed by atoms with Crippen molar-refractivity contribution in [2.24, 2.45) is 5.41 Å². The average Bonchev–Trinajstić information content (AvgIpc) is 2.60. The second-order valence-corrected chi connectivity index (χ2v) is 6.65. The minimum atomic E-state index is -0.155. The zero-order valence-corrected chi connectivity index (χ0v) is 15.9. The van der Waals surface area contributed by atoms with Gasteiger partial charge < -0.3 is 20.3 Å². The number of piperidine rings is 1. The highest BCUT2D eigenvalue weighted by molar-refractivity contribution is 5.99. The van der Waals surface area contributed by atoms with Crippen LogP contribution < -0.4 is 10.6 Å². The smallest absolute Gasteiger partial charge is 0.253 e. The van der Waals surface area contributed by atoms with Crippen LogP contribution in [0.4, 0.5) is 0 Å². The summed E-state index contributed by atoms with van der Waals surface area (Å²) in [5.41, 5.74) is 0.998. The highest BCUT2D eigenvalue weighted by Crippen LogP contribution is 2.28. The summed E-state index contributed by atoms with van der Waals surface area (Å²) in [5, 5.41) is 6.36. The lowest BCUT2D eigenvalue weighted by molar-refractivity contribution is 0.0512. The van der Waals surface area contributed by atoms with E-state index in [-0.39, 0.29) is 29.6 Å². The first kappa shape index (κ1) is 21.4. The maximum Gasteiger partial charge on any atom is 0.253 e. The van der Waals surface area contributed by atoms with Gasteiger partial charge in [0.25, 0.3) is 11.8 Å². The number of nitrogens with one attached hydrogen (secondary N) is 2. The van der Waals surface area contributed by atoms with Crippen molar-refractivity contribution in [3.8, 4) is 0 Å². The molecule has 1 aliphatic rings. The van der Waals surface area contributed by atoms with E-state index in [4.69, 9.17) is 4.74 Å². The molecule has 0 radical (unpaired) electrons. The van der Waals surface area contributed by atoms with E-state index in [0.29, 0.717) is 24.3 Å². The van der Waals surface area contributed by atoms with Gasteiger partial charge in [-0.1, -0.05) is 6.07 Å². The van der Waals surface area contributed by atoms with Crippen LogP contribution in [0.3, 0.4) is 0 Å². The van der Waals surface area contributed by atoms with E-state index in [1.807, 2.05) is 0 Å². The van der Waals surface area contributed by atoms with Gasteiger partial charge in [0.2, 0.25) is 0 Å². The molecule has 2 amide bonds. The lowest BCUT2D eigenvalue weighted by atomic mass is 9.79. The molecule has 25 heavy (non-hydrogen) atoms. The van der Waals surface area contributed by atoms with E-state index in [2.05, 4.69) is 10.6 Å². The summed E-state index contributed by atoms with van der Waals surface area (Å²) in [6.45, 7) is 3.08. The highest BCUT2D eigenvalue weighted by Gasteiger charge is 2.32. The van der Waals surface area contributed by atoms with Crippen molar-refractivity contribution in [3.63, 3.8) is 0 Å².